The summed E-state index contributed by atoms with van der Waals surface area (Å²) in [6, 6.07) is 0. The molecule has 0 N–H and O–H groups in total. The molecule has 0 bridgehead atoms. The maximum Gasteiger partial charge on any atom is -0.0422 e. The maximum absolute atomic E-state index is 2.26. The first kappa shape index (κ1) is 17.2. The number of rotatable bonds is 3. The second kappa shape index (κ2) is 22.5. The average molecular weight is 160 g/mol. The number of hydrogen-bond acceptors (Lipinski definition) is 0. The highest BCUT2D eigenvalue weighted by Gasteiger charge is 1.95. The van der Waals surface area contributed by atoms with Crippen LogP contribution in [0, 0.1) is 5.92 Å². The summed E-state index contributed by atoms with van der Waals surface area (Å²) in [7, 11) is 0. The predicted molar refractivity (Wildman–Crippen MR) is 57.1 cm³/mol. The first-order valence-electron chi connectivity index (χ1n) is 5.35. The monoisotopic (exact) mass is 160 g/mol. The van der Waals surface area contributed by atoms with E-state index >= 15 is 0 Å². The van der Waals surface area contributed by atoms with Gasteiger partial charge in [0.05, 0.1) is 0 Å². The highest BCUT2D eigenvalue weighted by atomic mass is 14.0. The zero-order valence-corrected chi connectivity index (χ0v) is 9.70. The molecule has 0 heteroatoms. The lowest BCUT2D eigenvalue weighted by molar-refractivity contribution is 0.477. The summed E-state index contributed by atoms with van der Waals surface area (Å²) < 4.78 is 0. The zero-order valence-electron chi connectivity index (χ0n) is 9.70. The van der Waals surface area contributed by atoms with Crippen LogP contribution in [0.1, 0.15) is 67.7 Å². The van der Waals surface area contributed by atoms with Gasteiger partial charge in [0.1, 0.15) is 0 Å². The van der Waals surface area contributed by atoms with Crippen molar-refractivity contribution < 1.29 is 0 Å². The minimum Gasteiger partial charge on any atom is -0.0683 e. The van der Waals surface area contributed by atoms with Gasteiger partial charge in [0.2, 0.25) is 0 Å². The Hall–Kier alpha value is 0. The number of hydrogen-bond donors (Lipinski definition) is 0. The Balaban J connectivity index is -0.000000138. The first-order chi connectivity index (χ1) is 5.35. The minimum atomic E-state index is 0.986. The van der Waals surface area contributed by atoms with Crippen molar-refractivity contribution in [1.29, 1.82) is 0 Å². The molecule has 0 amide bonds. The van der Waals surface area contributed by atoms with E-state index in [0.717, 1.165) is 5.92 Å². The van der Waals surface area contributed by atoms with Crippen LogP contribution in [-0.2, 0) is 0 Å². The van der Waals surface area contributed by atoms with Gasteiger partial charge in [0.15, 0.2) is 0 Å². The van der Waals surface area contributed by atoms with E-state index in [1.807, 2.05) is 27.7 Å². The van der Waals surface area contributed by atoms with Crippen molar-refractivity contribution in [2.75, 3.05) is 0 Å². The van der Waals surface area contributed by atoms with E-state index in [1.165, 1.54) is 19.3 Å². The third-order valence-electron chi connectivity index (χ3n) is 1.73. The Bertz CT molecular complexity index is 21.5. The molecule has 0 saturated carbocycles. The van der Waals surface area contributed by atoms with E-state index in [9.17, 15) is 0 Å². The molecule has 0 radical (unpaired) electrons. The largest absolute Gasteiger partial charge is 0.0683 e. The highest BCUT2D eigenvalue weighted by Crippen LogP contribution is 2.09. The lowest BCUT2D eigenvalue weighted by atomic mass is 10.0. The predicted octanol–water partition coefficient (Wildman–Crippen LogP) is 4.89. The minimum absolute atomic E-state index is 0.986. The van der Waals surface area contributed by atoms with Gasteiger partial charge < -0.3 is 0 Å². The van der Waals surface area contributed by atoms with Gasteiger partial charge in [-0.2, -0.15) is 0 Å². The molecule has 0 aromatic rings. The molecule has 0 spiro atoms. The maximum atomic E-state index is 2.26. The summed E-state index contributed by atoms with van der Waals surface area (Å²) in [5.74, 6) is 0.986. The molecule has 0 aliphatic carbocycles. The van der Waals surface area contributed by atoms with Crippen molar-refractivity contribution >= 4 is 0 Å². The van der Waals surface area contributed by atoms with E-state index in [2.05, 4.69) is 20.8 Å². The quantitative estimate of drug-likeness (QED) is 0.551. The van der Waals surface area contributed by atoms with Crippen LogP contribution in [0.25, 0.3) is 0 Å². The van der Waals surface area contributed by atoms with Gasteiger partial charge in [-0.05, 0) is 5.92 Å². The van der Waals surface area contributed by atoms with Gasteiger partial charge in [-0.1, -0.05) is 67.7 Å². The Kier molecular flexibility index (Phi) is 35.2. The van der Waals surface area contributed by atoms with Crippen LogP contribution >= 0.6 is 0 Å². The third kappa shape index (κ3) is 17.8. The fraction of sp³-hybridized carbons (Fsp3) is 1.00. The van der Waals surface area contributed by atoms with E-state index in [0.29, 0.717) is 0 Å². The molecule has 0 aromatic carbocycles. The molecular weight excluding hydrogens is 132 g/mol. The summed E-state index contributed by atoms with van der Waals surface area (Å²) in [5.41, 5.74) is 0. The van der Waals surface area contributed by atoms with E-state index < -0.39 is 0 Å². The molecule has 0 heterocycles. The van der Waals surface area contributed by atoms with Crippen LogP contribution in [0.5, 0.6) is 0 Å². The van der Waals surface area contributed by atoms with E-state index in [1.54, 1.807) is 0 Å². The second-order valence-corrected chi connectivity index (χ2v) is 2.09. The SMILES string of the molecule is CC.CC.CCC(CC)CC. The van der Waals surface area contributed by atoms with Crippen LogP contribution in [0.15, 0.2) is 0 Å². The Labute approximate surface area is 74.4 Å². The molecule has 0 rings (SSSR count). The van der Waals surface area contributed by atoms with Crippen LogP contribution in [-0.4, -0.2) is 0 Å². The van der Waals surface area contributed by atoms with Crippen molar-refractivity contribution in [3.63, 3.8) is 0 Å². The van der Waals surface area contributed by atoms with E-state index in [4.69, 9.17) is 0 Å². The molecule has 11 heavy (non-hydrogen) atoms. The summed E-state index contributed by atoms with van der Waals surface area (Å²) >= 11 is 0. The molecule has 0 nitrogen and oxygen atoms in total. The zero-order chi connectivity index (χ0) is 9.70. The lowest BCUT2D eigenvalue weighted by Gasteiger charge is -2.05. The van der Waals surface area contributed by atoms with Gasteiger partial charge in [0, 0.05) is 0 Å². The van der Waals surface area contributed by atoms with Crippen LogP contribution in [0.3, 0.4) is 0 Å². The Morgan fingerprint density at radius 3 is 0.818 bits per heavy atom. The van der Waals surface area contributed by atoms with Crippen LogP contribution in [0.2, 0.25) is 0 Å². The normalized spacial score (nSPS) is 7.64. The Morgan fingerprint density at radius 2 is 0.818 bits per heavy atom. The van der Waals surface area contributed by atoms with Crippen molar-refractivity contribution in [2.45, 2.75) is 67.7 Å². The molecule has 0 aromatic heterocycles. The lowest BCUT2D eigenvalue weighted by Crippen LogP contribution is -1.91. The van der Waals surface area contributed by atoms with E-state index in [-0.39, 0.29) is 0 Å². The van der Waals surface area contributed by atoms with Crippen molar-refractivity contribution in [1.82, 2.24) is 0 Å². The van der Waals surface area contributed by atoms with Gasteiger partial charge in [-0.25, -0.2) is 0 Å². The molecule has 0 saturated heterocycles. The summed E-state index contributed by atoms with van der Waals surface area (Å²) in [4.78, 5) is 0. The fourth-order valence-electron chi connectivity index (χ4n) is 0.866. The smallest absolute Gasteiger partial charge is 0.0422 e. The molecule has 72 valence electrons. The third-order valence-corrected chi connectivity index (χ3v) is 1.73. The van der Waals surface area contributed by atoms with Gasteiger partial charge in [-0.15, -0.1) is 0 Å². The summed E-state index contributed by atoms with van der Waals surface area (Å²) in [6.45, 7) is 14.8. The summed E-state index contributed by atoms with van der Waals surface area (Å²) in [5, 5.41) is 0. The summed E-state index contributed by atoms with van der Waals surface area (Å²) in [6.07, 6.45) is 4.06. The highest BCUT2D eigenvalue weighted by molar-refractivity contribution is 4.48. The molecule has 0 atom stereocenters. The molecule has 0 aliphatic rings. The molecular formula is C11H28. The fourth-order valence-corrected chi connectivity index (χ4v) is 0.866. The van der Waals surface area contributed by atoms with Crippen molar-refractivity contribution in [2.24, 2.45) is 5.92 Å². The van der Waals surface area contributed by atoms with Gasteiger partial charge in [-0.3, -0.25) is 0 Å². The standard InChI is InChI=1S/C7H16.2C2H6/c1-4-7(5-2)6-3;2*1-2/h7H,4-6H2,1-3H3;2*1-2H3. The van der Waals surface area contributed by atoms with Gasteiger partial charge in [0.25, 0.3) is 0 Å². The topological polar surface area (TPSA) is 0 Å². The van der Waals surface area contributed by atoms with Crippen molar-refractivity contribution in [3.8, 4) is 0 Å². The molecule has 0 unspecified atom stereocenters. The first-order valence-corrected chi connectivity index (χ1v) is 5.35. The second-order valence-electron chi connectivity index (χ2n) is 2.09. The van der Waals surface area contributed by atoms with Gasteiger partial charge >= 0.3 is 0 Å². The molecule has 0 fully saturated rings. The van der Waals surface area contributed by atoms with Crippen molar-refractivity contribution in [3.05, 3.63) is 0 Å². The Morgan fingerprint density at radius 1 is 0.636 bits per heavy atom. The molecule has 0 aliphatic heterocycles. The van der Waals surface area contributed by atoms with Crippen LogP contribution in [0.4, 0.5) is 0 Å². The van der Waals surface area contributed by atoms with Crippen LogP contribution < -0.4 is 0 Å². The average Bonchev–Trinajstić information content (AvgIpc) is 2.14.